The van der Waals surface area contributed by atoms with Gasteiger partial charge < -0.3 is 10.6 Å². The number of carbonyl (C=O) groups is 1. The Hall–Kier alpha value is -1.44. The van der Waals surface area contributed by atoms with Crippen molar-refractivity contribution in [1.29, 1.82) is 0 Å². The van der Waals surface area contributed by atoms with Crippen molar-refractivity contribution < 1.29 is 18.5 Å². The molecule has 0 spiro atoms. The molecule has 3 N–H and O–H groups in total. The fourth-order valence-corrected chi connectivity index (χ4v) is 8.32. The Labute approximate surface area is 173 Å². The molecule has 1 aliphatic heterocycles. The molecule has 6 nitrogen and oxygen atoms in total. The molecule has 6 rings (SSSR count). The Morgan fingerprint density at radius 2 is 1.69 bits per heavy atom. The molecule has 5 aliphatic rings. The summed E-state index contributed by atoms with van der Waals surface area (Å²) in [6, 6.07) is 6.69. The monoisotopic (exact) mass is 418 g/mol. The molecule has 1 saturated heterocycles. The number of carbonyl (C=O) groups excluding carboxylic acids is 1. The van der Waals surface area contributed by atoms with Crippen molar-refractivity contribution in [3.8, 4) is 0 Å². The number of rotatable bonds is 6. The van der Waals surface area contributed by atoms with Crippen LogP contribution in [0.5, 0.6) is 0 Å². The van der Waals surface area contributed by atoms with E-state index >= 15 is 0 Å². The van der Waals surface area contributed by atoms with Crippen LogP contribution in [-0.2, 0) is 14.8 Å². The Kier molecular flexibility index (Phi) is 4.95. The highest BCUT2D eigenvalue weighted by Crippen LogP contribution is 2.54. The fourth-order valence-electron chi connectivity index (χ4n) is 6.76. The predicted molar refractivity (Wildman–Crippen MR) is 111 cm³/mol. The average molecular weight is 419 g/mol. The van der Waals surface area contributed by atoms with E-state index in [1.165, 1.54) is 42.8 Å². The van der Waals surface area contributed by atoms with Gasteiger partial charge in [-0.1, -0.05) is 6.07 Å². The lowest BCUT2D eigenvalue weighted by Crippen LogP contribution is -3.00. The van der Waals surface area contributed by atoms with Crippen molar-refractivity contribution in [3.05, 3.63) is 24.3 Å². The molecule has 158 valence electrons. The zero-order valence-corrected chi connectivity index (χ0v) is 17.8. The van der Waals surface area contributed by atoms with E-state index in [0.717, 1.165) is 30.6 Å². The Bertz CT molecular complexity index is 857. The molecule has 4 saturated carbocycles. The third kappa shape index (κ3) is 3.84. The maximum atomic E-state index is 12.8. The van der Waals surface area contributed by atoms with Crippen LogP contribution in [0.1, 0.15) is 51.4 Å². The summed E-state index contributed by atoms with van der Waals surface area (Å²) in [5.74, 6) is 2.56. The minimum absolute atomic E-state index is 0.0449. The molecule has 5 fully saturated rings. The van der Waals surface area contributed by atoms with Gasteiger partial charge in [0.15, 0.2) is 6.54 Å². The van der Waals surface area contributed by atoms with E-state index in [-0.39, 0.29) is 16.3 Å². The highest BCUT2D eigenvalue weighted by molar-refractivity contribution is 7.89. The van der Waals surface area contributed by atoms with Crippen LogP contribution >= 0.6 is 0 Å². The number of hydrogen-bond acceptors (Lipinski definition) is 3. The van der Waals surface area contributed by atoms with Gasteiger partial charge in [0.05, 0.1) is 10.4 Å². The van der Waals surface area contributed by atoms with Gasteiger partial charge in [-0.15, -0.1) is 0 Å². The van der Waals surface area contributed by atoms with Crippen molar-refractivity contribution in [1.82, 2.24) is 4.31 Å². The highest BCUT2D eigenvalue weighted by Gasteiger charge is 2.53. The maximum Gasteiger partial charge on any atom is 0.279 e. The van der Waals surface area contributed by atoms with E-state index < -0.39 is 10.0 Å². The minimum atomic E-state index is -3.47. The fraction of sp³-hybridized carbons (Fsp3) is 0.682. The number of amides is 1. The normalized spacial score (nSPS) is 33.9. The van der Waals surface area contributed by atoms with Gasteiger partial charge in [0.2, 0.25) is 10.0 Å². The van der Waals surface area contributed by atoms with Crippen LogP contribution < -0.4 is 10.6 Å². The number of sulfonamides is 1. The van der Waals surface area contributed by atoms with E-state index in [9.17, 15) is 13.2 Å². The van der Waals surface area contributed by atoms with Gasteiger partial charge in [-0.25, -0.2) is 8.42 Å². The summed E-state index contributed by atoms with van der Waals surface area (Å²) in [7, 11) is -3.47. The second-order valence-corrected chi connectivity index (χ2v) is 11.8. The molecule has 4 aliphatic carbocycles. The first kappa shape index (κ1) is 19.5. The topological polar surface area (TPSA) is 83.1 Å². The van der Waals surface area contributed by atoms with Crippen LogP contribution in [0.25, 0.3) is 0 Å². The first-order valence-electron chi connectivity index (χ1n) is 11.2. The molecular formula is C22H32N3O3S+. The molecule has 0 unspecified atom stereocenters. The van der Waals surface area contributed by atoms with E-state index in [4.69, 9.17) is 0 Å². The third-order valence-corrected chi connectivity index (χ3v) is 9.52. The van der Waals surface area contributed by atoms with Gasteiger partial charge in [0.25, 0.3) is 5.91 Å². The van der Waals surface area contributed by atoms with Gasteiger partial charge in [0.1, 0.15) is 0 Å². The minimum Gasteiger partial charge on any atom is -0.334 e. The van der Waals surface area contributed by atoms with Crippen LogP contribution in [0.3, 0.4) is 0 Å². The van der Waals surface area contributed by atoms with Crippen molar-refractivity contribution in [2.45, 2.75) is 61.8 Å². The maximum absolute atomic E-state index is 12.8. The van der Waals surface area contributed by atoms with Gasteiger partial charge >= 0.3 is 0 Å². The second kappa shape index (κ2) is 7.36. The molecule has 1 heterocycles. The summed E-state index contributed by atoms with van der Waals surface area (Å²) in [6.07, 6.45) is 9.81. The number of quaternary nitrogens is 1. The number of anilines is 1. The second-order valence-electron chi connectivity index (χ2n) is 9.88. The van der Waals surface area contributed by atoms with Gasteiger partial charge in [-0.3, -0.25) is 4.79 Å². The van der Waals surface area contributed by atoms with E-state index in [1.54, 1.807) is 24.3 Å². The van der Waals surface area contributed by atoms with Crippen LogP contribution in [0, 0.1) is 17.8 Å². The summed E-state index contributed by atoms with van der Waals surface area (Å²) in [5, 5.41) is 5.21. The number of nitrogens with one attached hydrogen (secondary N) is 1. The third-order valence-electron chi connectivity index (χ3n) is 7.63. The highest BCUT2D eigenvalue weighted by atomic mass is 32.2. The summed E-state index contributed by atoms with van der Waals surface area (Å²) in [6.45, 7) is 1.58. The Balaban J connectivity index is 1.21. The molecule has 0 radical (unpaired) electrons. The lowest BCUT2D eigenvalue weighted by Gasteiger charge is -2.54. The largest absolute Gasteiger partial charge is 0.334 e. The lowest BCUT2D eigenvalue weighted by molar-refractivity contribution is -0.729. The first-order valence-corrected chi connectivity index (χ1v) is 12.6. The SMILES string of the molecule is O=C(C[NH2+]C12CC3CC(CC(C3)C1)C2)Nc1cccc(S(=O)(=O)N2CCCC2)c1. The summed E-state index contributed by atoms with van der Waals surface area (Å²) >= 11 is 0. The molecule has 1 amide bonds. The van der Waals surface area contributed by atoms with Crippen LogP contribution in [0.4, 0.5) is 5.69 Å². The molecule has 29 heavy (non-hydrogen) atoms. The van der Waals surface area contributed by atoms with E-state index in [2.05, 4.69) is 10.6 Å². The first-order chi connectivity index (χ1) is 13.9. The van der Waals surface area contributed by atoms with Crippen LogP contribution in [0.15, 0.2) is 29.2 Å². The number of nitrogens with two attached hydrogens (primary N) is 1. The molecule has 4 bridgehead atoms. The van der Waals surface area contributed by atoms with Crippen molar-refractivity contribution >= 4 is 21.6 Å². The summed E-state index contributed by atoms with van der Waals surface area (Å²) < 4.78 is 27.1. The van der Waals surface area contributed by atoms with Crippen molar-refractivity contribution in [3.63, 3.8) is 0 Å². The van der Waals surface area contributed by atoms with Crippen molar-refractivity contribution in [2.24, 2.45) is 17.8 Å². The van der Waals surface area contributed by atoms with Gasteiger partial charge in [-0.05, 0) is 68.1 Å². The number of benzene rings is 1. The van der Waals surface area contributed by atoms with Gasteiger partial charge in [-0.2, -0.15) is 4.31 Å². The van der Waals surface area contributed by atoms with Crippen LogP contribution in [-0.4, -0.2) is 43.8 Å². The molecule has 0 atom stereocenters. The predicted octanol–water partition coefficient (Wildman–Crippen LogP) is 1.94. The molecule has 1 aromatic carbocycles. The number of hydrogen-bond donors (Lipinski definition) is 2. The Morgan fingerprint density at radius 1 is 1.07 bits per heavy atom. The summed E-state index contributed by atoms with van der Waals surface area (Å²) in [5.41, 5.74) is 0.835. The molecular weight excluding hydrogens is 386 g/mol. The smallest absolute Gasteiger partial charge is 0.279 e. The molecule has 7 heteroatoms. The molecule has 1 aromatic rings. The van der Waals surface area contributed by atoms with Gasteiger partial charge in [0, 0.05) is 38.0 Å². The van der Waals surface area contributed by atoms with Crippen LogP contribution in [0.2, 0.25) is 0 Å². The van der Waals surface area contributed by atoms with E-state index in [0.29, 0.717) is 25.3 Å². The zero-order valence-electron chi connectivity index (χ0n) is 17.0. The Morgan fingerprint density at radius 3 is 2.31 bits per heavy atom. The van der Waals surface area contributed by atoms with Crippen molar-refractivity contribution in [2.75, 3.05) is 25.0 Å². The average Bonchev–Trinajstić information content (AvgIpc) is 3.21. The zero-order chi connectivity index (χ0) is 20.1. The molecule has 0 aromatic heterocycles. The summed E-state index contributed by atoms with van der Waals surface area (Å²) in [4.78, 5) is 12.9. The number of nitrogens with zero attached hydrogens (tertiary/aromatic N) is 1. The van der Waals surface area contributed by atoms with E-state index in [1.807, 2.05) is 0 Å². The quantitative estimate of drug-likeness (QED) is 0.741. The standard InChI is InChI=1S/C22H31N3O3S/c26-21(15-23-22-12-16-8-17(13-22)10-18(9-16)14-22)24-19-4-3-5-20(11-19)29(27,28)25-6-1-2-7-25/h3-5,11,16-18,23H,1-2,6-10,12-15H2,(H,24,26)/p+1. The lowest BCUT2D eigenvalue weighted by atomic mass is 9.53.